The molecule has 1 amide bonds. The highest BCUT2D eigenvalue weighted by atomic mass is 16.3. The second-order valence-electron chi connectivity index (χ2n) is 6.79. The van der Waals surface area contributed by atoms with Gasteiger partial charge in [-0.25, -0.2) is 4.98 Å². The van der Waals surface area contributed by atoms with Crippen LogP contribution < -0.4 is 5.32 Å². The molecule has 6 nitrogen and oxygen atoms in total. The molecule has 1 fully saturated rings. The van der Waals surface area contributed by atoms with Crippen LogP contribution in [0.4, 0.5) is 0 Å². The van der Waals surface area contributed by atoms with Crippen molar-refractivity contribution in [1.82, 2.24) is 19.6 Å². The number of aromatic nitrogens is 2. The van der Waals surface area contributed by atoms with Gasteiger partial charge in [0.25, 0.3) is 5.91 Å². The van der Waals surface area contributed by atoms with E-state index in [4.69, 9.17) is 0 Å². The number of imidazole rings is 1. The fourth-order valence-corrected chi connectivity index (χ4v) is 3.57. The molecule has 6 heteroatoms. The minimum absolute atomic E-state index is 0.0275. The van der Waals surface area contributed by atoms with Crippen molar-refractivity contribution in [2.24, 2.45) is 5.92 Å². The van der Waals surface area contributed by atoms with E-state index >= 15 is 0 Å². The van der Waals surface area contributed by atoms with E-state index in [1.54, 1.807) is 6.20 Å². The third kappa shape index (κ3) is 3.47. The quantitative estimate of drug-likeness (QED) is 0.733. The van der Waals surface area contributed by atoms with E-state index in [1.165, 1.54) is 5.56 Å². The standard InChI is InChI=1S/C20H22N4O2/c25-14-16-11-23(10-15-6-2-1-3-7-15)12-17(16)22-20(26)18-13-24-9-5-4-8-19(24)21-18/h1-9,13,16-17,25H,10-12,14H2,(H,22,26)/t16-,17+/m0/s1. The summed E-state index contributed by atoms with van der Waals surface area (Å²) in [7, 11) is 0. The number of rotatable bonds is 5. The van der Waals surface area contributed by atoms with Crippen LogP contribution in [0.1, 0.15) is 16.1 Å². The summed E-state index contributed by atoms with van der Waals surface area (Å²) < 4.78 is 1.83. The summed E-state index contributed by atoms with van der Waals surface area (Å²) in [6.07, 6.45) is 3.60. The Morgan fingerprint density at radius 1 is 1.15 bits per heavy atom. The first-order valence-corrected chi connectivity index (χ1v) is 8.84. The lowest BCUT2D eigenvalue weighted by Gasteiger charge is -2.17. The van der Waals surface area contributed by atoms with Gasteiger partial charge in [-0.1, -0.05) is 36.4 Å². The third-order valence-electron chi connectivity index (χ3n) is 4.91. The number of benzene rings is 1. The predicted octanol–water partition coefficient (Wildman–Crippen LogP) is 1.56. The average molecular weight is 350 g/mol. The summed E-state index contributed by atoms with van der Waals surface area (Å²) in [5, 5.41) is 12.8. The molecule has 134 valence electrons. The summed E-state index contributed by atoms with van der Waals surface area (Å²) in [5.74, 6) is -0.168. The molecule has 2 atom stereocenters. The number of pyridine rings is 1. The van der Waals surface area contributed by atoms with Crippen molar-refractivity contribution >= 4 is 11.6 Å². The Morgan fingerprint density at radius 2 is 1.96 bits per heavy atom. The van der Waals surface area contributed by atoms with Crippen molar-refractivity contribution in [3.05, 3.63) is 72.2 Å². The van der Waals surface area contributed by atoms with E-state index in [0.29, 0.717) is 5.69 Å². The maximum Gasteiger partial charge on any atom is 0.271 e. The van der Waals surface area contributed by atoms with Gasteiger partial charge in [-0.3, -0.25) is 9.69 Å². The van der Waals surface area contributed by atoms with E-state index < -0.39 is 0 Å². The molecule has 0 saturated carbocycles. The lowest BCUT2D eigenvalue weighted by Crippen LogP contribution is -2.41. The molecular weight excluding hydrogens is 328 g/mol. The number of nitrogens with zero attached hydrogens (tertiary/aromatic N) is 3. The second-order valence-corrected chi connectivity index (χ2v) is 6.79. The molecule has 0 unspecified atom stereocenters. The molecule has 4 rings (SSSR count). The molecule has 2 N–H and O–H groups in total. The molecule has 3 heterocycles. The first kappa shape index (κ1) is 16.8. The third-order valence-corrected chi connectivity index (χ3v) is 4.91. The van der Waals surface area contributed by atoms with Crippen molar-refractivity contribution in [3.63, 3.8) is 0 Å². The van der Waals surface area contributed by atoms with Crippen LogP contribution in [0.3, 0.4) is 0 Å². The molecule has 1 saturated heterocycles. The fraction of sp³-hybridized carbons (Fsp3) is 0.300. The number of hydrogen-bond acceptors (Lipinski definition) is 4. The Hall–Kier alpha value is -2.70. The van der Waals surface area contributed by atoms with Crippen molar-refractivity contribution in [3.8, 4) is 0 Å². The molecule has 0 spiro atoms. The van der Waals surface area contributed by atoms with Gasteiger partial charge in [0.1, 0.15) is 11.3 Å². The number of amides is 1. The van der Waals surface area contributed by atoms with Crippen molar-refractivity contribution in [2.45, 2.75) is 12.6 Å². The molecule has 0 aliphatic carbocycles. The normalized spacial score (nSPS) is 20.5. The summed E-state index contributed by atoms with van der Waals surface area (Å²) in [4.78, 5) is 19.2. The number of carbonyl (C=O) groups is 1. The molecular formula is C20H22N4O2. The van der Waals surface area contributed by atoms with E-state index in [0.717, 1.165) is 25.3 Å². The number of hydrogen-bond donors (Lipinski definition) is 2. The van der Waals surface area contributed by atoms with Crippen LogP contribution in [0.5, 0.6) is 0 Å². The predicted molar refractivity (Wildman–Crippen MR) is 98.7 cm³/mol. The molecule has 1 aliphatic rings. The van der Waals surface area contributed by atoms with Gasteiger partial charge < -0.3 is 14.8 Å². The zero-order valence-electron chi connectivity index (χ0n) is 14.5. The number of likely N-dealkylation sites (tertiary alicyclic amines) is 1. The summed E-state index contributed by atoms with van der Waals surface area (Å²) in [6.45, 7) is 2.36. The van der Waals surface area contributed by atoms with Gasteiger partial charge in [0.2, 0.25) is 0 Å². The number of fused-ring (bicyclic) bond motifs is 1. The SMILES string of the molecule is O=C(N[C@@H]1CN(Cc2ccccc2)C[C@H]1CO)c1cn2ccccc2n1. The monoisotopic (exact) mass is 350 g/mol. The second kappa shape index (κ2) is 7.27. The van der Waals surface area contributed by atoms with Crippen molar-refractivity contribution in [2.75, 3.05) is 19.7 Å². The average Bonchev–Trinajstić information content (AvgIpc) is 3.26. The number of carbonyl (C=O) groups excluding carboxylic acids is 1. The molecule has 1 aliphatic heterocycles. The highest BCUT2D eigenvalue weighted by molar-refractivity contribution is 5.93. The van der Waals surface area contributed by atoms with Gasteiger partial charge in [0.15, 0.2) is 0 Å². The number of nitrogens with one attached hydrogen (secondary N) is 1. The fourth-order valence-electron chi connectivity index (χ4n) is 3.57. The summed E-state index contributed by atoms with van der Waals surface area (Å²) >= 11 is 0. The van der Waals surface area contributed by atoms with Gasteiger partial charge in [-0.05, 0) is 17.7 Å². The minimum Gasteiger partial charge on any atom is -0.396 e. The van der Waals surface area contributed by atoms with Crippen LogP contribution >= 0.6 is 0 Å². The Labute approximate surface area is 152 Å². The van der Waals surface area contributed by atoms with Crippen LogP contribution in [0.15, 0.2) is 60.9 Å². The van der Waals surface area contributed by atoms with Gasteiger partial charge in [0, 0.05) is 50.6 Å². The van der Waals surface area contributed by atoms with Gasteiger partial charge >= 0.3 is 0 Å². The van der Waals surface area contributed by atoms with Crippen LogP contribution in [-0.2, 0) is 6.54 Å². The molecule has 0 bridgehead atoms. The number of aliphatic hydroxyl groups excluding tert-OH is 1. The van der Waals surface area contributed by atoms with Gasteiger partial charge in [0.05, 0.1) is 0 Å². The van der Waals surface area contributed by atoms with Crippen LogP contribution in [0.25, 0.3) is 5.65 Å². The van der Waals surface area contributed by atoms with E-state index in [1.807, 2.05) is 47.0 Å². The largest absolute Gasteiger partial charge is 0.396 e. The topological polar surface area (TPSA) is 69.9 Å². The molecule has 2 aromatic heterocycles. The summed E-state index contributed by atoms with van der Waals surface area (Å²) in [5.41, 5.74) is 2.37. The lowest BCUT2D eigenvalue weighted by molar-refractivity contribution is 0.0916. The summed E-state index contributed by atoms with van der Waals surface area (Å²) in [6, 6.07) is 15.8. The van der Waals surface area contributed by atoms with E-state index in [9.17, 15) is 9.90 Å². The van der Waals surface area contributed by atoms with Crippen LogP contribution in [0.2, 0.25) is 0 Å². The maximum absolute atomic E-state index is 12.6. The highest BCUT2D eigenvalue weighted by Crippen LogP contribution is 2.19. The first-order chi connectivity index (χ1) is 12.7. The van der Waals surface area contributed by atoms with Gasteiger partial charge in [-0.2, -0.15) is 0 Å². The van der Waals surface area contributed by atoms with Crippen LogP contribution in [-0.4, -0.2) is 51.0 Å². The molecule has 3 aromatic rings. The Bertz CT molecular complexity index is 860. The lowest BCUT2D eigenvalue weighted by atomic mass is 10.1. The highest BCUT2D eigenvalue weighted by Gasteiger charge is 2.33. The Morgan fingerprint density at radius 3 is 2.73 bits per heavy atom. The molecule has 0 radical (unpaired) electrons. The van der Waals surface area contributed by atoms with Gasteiger partial charge in [-0.15, -0.1) is 0 Å². The Kier molecular flexibility index (Phi) is 4.69. The van der Waals surface area contributed by atoms with Crippen LogP contribution in [0, 0.1) is 5.92 Å². The number of aliphatic hydroxyl groups is 1. The minimum atomic E-state index is -0.196. The maximum atomic E-state index is 12.6. The molecule has 26 heavy (non-hydrogen) atoms. The van der Waals surface area contributed by atoms with E-state index in [-0.39, 0.29) is 24.5 Å². The Balaban J connectivity index is 1.43. The zero-order valence-corrected chi connectivity index (χ0v) is 14.5. The first-order valence-electron chi connectivity index (χ1n) is 8.84. The smallest absolute Gasteiger partial charge is 0.271 e. The van der Waals surface area contributed by atoms with Crippen molar-refractivity contribution < 1.29 is 9.90 Å². The molecule has 1 aromatic carbocycles. The van der Waals surface area contributed by atoms with Crippen molar-refractivity contribution in [1.29, 1.82) is 0 Å². The van der Waals surface area contributed by atoms with E-state index in [2.05, 4.69) is 27.3 Å². The zero-order chi connectivity index (χ0) is 17.9.